The average Bonchev–Trinajstić information content (AvgIpc) is 2.68. The first kappa shape index (κ1) is 27.7. The van der Waals surface area contributed by atoms with Gasteiger partial charge in [0.25, 0.3) is 0 Å². The number of allylic oxidation sites excluding steroid dienone is 2. The molecule has 0 bridgehead atoms. The fourth-order valence-corrected chi connectivity index (χ4v) is 4.31. The van der Waals surface area contributed by atoms with E-state index in [0.717, 1.165) is 11.8 Å². The Balaban J connectivity index is 3.46. The molecule has 0 aliphatic carbocycles. The maximum absolute atomic E-state index is 2.44. The van der Waals surface area contributed by atoms with E-state index in [2.05, 4.69) is 39.8 Å². The zero-order valence-corrected chi connectivity index (χ0v) is 20.5. The van der Waals surface area contributed by atoms with Crippen LogP contribution in [0.3, 0.4) is 0 Å². The molecule has 1 atom stereocenters. The summed E-state index contributed by atoms with van der Waals surface area (Å²) in [6.07, 6.45) is 33.4. The molecule has 0 rings (SSSR count). The van der Waals surface area contributed by atoms with Gasteiger partial charge in [-0.05, 0) is 31.1 Å². The molecule has 0 saturated heterocycles. The van der Waals surface area contributed by atoms with Crippen LogP contribution in [0.1, 0.15) is 156 Å². The SMILES string of the molecule is CCC/C=C/CCCCCC(CCCCCCCCCCCCCC)C(C)C. The van der Waals surface area contributed by atoms with Crippen LogP contribution in [0.5, 0.6) is 0 Å². The molecular formula is C28H56. The highest BCUT2D eigenvalue weighted by atomic mass is 14.2. The zero-order chi connectivity index (χ0) is 20.7. The van der Waals surface area contributed by atoms with Crippen LogP contribution in [-0.4, -0.2) is 0 Å². The summed E-state index contributed by atoms with van der Waals surface area (Å²) in [6.45, 7) is 9.45. The summed E-state index contributed by atoms with van der Waals surface area (Å²) < 4.78 is 0. The highest BCUT2D eigenvalue weighted by Crippen LogP contribution is 2.25. The normalized spacial score (nSPS) is 13.0. The van der Waals surface area contributed by atoms with Crippen molar-refractivity contribution in [3.05, 3.63) is 12.2 Å². The molecule has 28 heavy (non-hydrogen) atoms. The molecule has 0 aromatic heterocycles. The second kappa shape index (κ2) is 23.0. The molecule has 0 radical (unpaired) electrons. The first-order chi connectivity index (χ1) is 13.7. The number of unbranched alkanes of at least 4 members (excludes halogenated alkanes) is 15. The lowest BCUT2D eigenvalue weighted by Gasteiger charge is -2.20. The van der Waals surface area contributed by atoms with E-state index < -0.39 is 0 Å². The molecule has 0 heterocycles. The van der Waals surface area contributed by atoms with Crippen LogP contribution >= 0.6 is 0 Å². The van der Waals surface area contributed by atoms with Crippen LogP contribution in [0.15, 0.2) is 12.2 Å². The summed E-state index contributed by atoms with van der Waals surface area (Å²) in [5, 5.41) is 0. The molecule has 0 amide bonds. The largest absolute Gasteiger partial charge is 0.0885 e. The van der Waals surface area contributed by atoms with Gasteiger partial charge < -0.3 is 0 Å². The first-order valence-electron chi connectivity index (χ1n) is 13.4. The van der Waals surface area contributed by atoms with Gasteiger partial charge in [0.1, 0.15) is 0 Å². The summed E-state index contributed by atoms with van der Waals surface area (Å²) in [5.74, 6) is 1.84. The quantitative estimate of drug-likeness (QED) is 0.127. The molecule has 0 aromatic rings. The third kappa shape index (κ3) is 20.5. The number of hydrogen-bond acceptors (Lipinski definition) is 0. The van der Waals surface area contributed by atoms with Gasteiger partial charge in [0.05, 0.1) is 0 Å². The van der Waals surface area contributed by atoms with Crippen LogP contribution in [0.4, 0.5) is 0 Å². The fraction of sp³-hybridized carbons (Fsp3) is 0.929. The molecule has 0 heteroatoms. The minimum absolute atomic E-state index is 0.872. The number of rotatable bonds is 22. The second-order valence-electron chi connectivity index (χ2n) is 9.58. The van der Waals surface area contributed by atoms with Gasteiger partial charge in [-0.25, -0.2) is 0 Å². The van der Waals surface area contributed by atoms with Gasteiger partial charge in [-0.15, -0.1) is 0 Å². The second-order valence-corrected chi connectivity index (χ2v) is 9.58. The standard InChI is InChI=1S/C28H56/c1-5-7-9-11-13-15-16-17-18-20-22-24-26-28(27(3)4)25-23-21-19-14-12-10-8-6-2/h10,12,27-28H,5-9,11,13-26H2,1-4H3/b12-10+. The fourth-order valence-electron chi connectivity index (χ4n) is 4.31. The summed E-state index contributed by atoms with van der Waals surface area (Å²) in [4.78, 5) is 0. The van der Waals surface area contributed by atoms with E-state index in [9.17, 15) is 0 Å². The van der Waals surface area contributed by atoms with Crippen molar-refractivity contribution in [2.75, 3.05) is 0 Å². The molecule has 0 fully saturated rings. The van der Waals surface area contributed by atoms with Crippen molar-refractivity contribution in [1.82, 2.24) is 0 Å². The maximum atomic E-state index is 2.44. The molecule has 1 unspecified atom stereocenters. The summed E-state index contributed by atoms with van der Waals surface area (Å²) in [6, 6.07) is 0. The third-order valence-electron chi connectivity index (χ3n) is 6.44. The smallest absolute Gasteiger partial charge is 0.0351 e. The van der Waals surface area contributed by atoms with Crippen LogP contribution in [-0.2, 0) is 0 Å². The molecule has 0 aliphatic rings. The maximum Gasteiger partial charge on any atom is -0.0351 e. The molecule has 0 spiro atoms. The monoisotopic (exact) mass is 392 g/mol. The van der Waals surface area contributed by atoms with Crippen molar-refractivity contribution >= 4 is 0 Å². The summed E-state index contributed by atoms with van der Waals surface area (Å²) >= 11 is 0. The van der Waals surface area contributed by atoms with Gasteiger partial charge in [-0.2, -0.15) is 0 Å². The number of hydrogen-bond donors (Lipinski definition) is 0. The minimum atomic E-state index is 0.872. The summed E-state index contributed by atoms with van der Waals surface area (Å²) in [5.41, 5.74) is 0. The van der Waals surface area contributed by atoms with E-state index in [-0.39, 0.29) is 0 Å². The lowest BCUT2D eigenvalue weighted by molar-refractivity contribution is 0.313. The molecule has 0 aliphatic heterocycles. The highest BCUT2D eigenvalue weighted by molar-refractivity contribution is 4.80. The van der Waals surface area contributed by atoms with Gasteiger partial charge in [-0.1, -0.05) is 149 Å². The topological polar surface area (TPSA) is 0 Å². The van der Waals surface area contributed by atoms with Crippen molar-refractivity contribution in [2.45, 2.75) is 156 Å². The Kier molecular flexibility index (Phi) is 22.8. The third-order valence-corrected chi connectivity index (χ3v) is 6.44. The van der Waals surface area contributed by atoms with Gasteiger partial charge in [0.15, 0.2) is 0 Å². The predicted octanol–water partition coefficient (Wildman–Crippen LogP) is 10.7. The highest BCUT2D eigenvalue weighted by Gasteiger charge is 2.12. The van der Waals surface area contributed by atoms with E-state index in [1.807, 2.05) is 0 Å². The molecule has 0 aromatic carbocycles. The van der Waals surface area contributed by atoms with Crippen molar-refractivity contribution in [3.63, 3.8) is 0 Å². The predicted molar refractivity (Wildman–Crippen MR) is 131 cm³/mol. The lowest BCUT2D eigenvalue weighted by atomic mass is 9.85. The van der Waals surface area contributed by atoms with E-state index in [1.165, 1.54) is 128 Å². The van der Waals surface area contributed by atoms with E-state index in [0.29, 0.717) is 0 Å². The van der Waals surface area contributed by atoms with Crippen molar-refractivity contribution in [3.8, 4) is 0 Å². The minimum Gasteiger partial charge on any atom is -0.0885 e. The Morgan fingerprint density at radius 1 is 0.464 bits per heavy atom. The average molecular weight is 393 g/mol. The van der Waals surface area contributed by atoms with Crippen LogP contribution in [0.25, 0.3) is 0 Å². The van der Waals surface area contributed by atoms with Gasteiger partial charge in [0.2, 0.25) is 0 Å². The van der Waals surface area contributed by atoms with Crippen LogP contribution in [0, 0.1) is 11.8 Å². The van der Waals surface area contributed by atoms with Gasteiger partial charge >= 0.3 is 0 Å². The molecule has 0 saturated carbocycles. The summed E-state index contributed by atoms with van der Waals surface area (Å²) in [7, 11) is 0. The molecule has 0 nitrogen and oxygen atoms in total. The molecular weight excluding hydrogens is 336 g/mol. The lowest BCUT2D eigenvalue weighted by Crippen LogP contribution is -2.08. The Labute approximate surface area is 180 Å². The zero-order valence-electron chi connectivity index (χ0n) is 20.5. The van der Waals surface area contributed by atoms with Crippen molar-refractivity contribution in [1.29, 1.82) is 0 Å². The van der Waals surface area contributed by atoms with E-state index in [4.69, 9.17) is 0 Å². The van der Waals surface area contributed by atoms with Crippen LogP contribution < -0.4 is 0 Å². The molecule has 0 N–H and O–H groups in total. The van der Waals surface area contributed by atoms with Gasteiger partial charge in [-0.3, -0.25) is 0 Å². The van der Waals surface area contributed by atoms with Crippen molar-refractivity contribution in [2.24, 2.45) is 11.8 Å². The van der Waals surface area contributed by atoms with E-state index >= 15 is 0 Å². The Morgan fingerprint density at radius 3 is 1.36 bits per heavy atom. The molecule has 168 valence electrons. The van der Waals surface area contributed by atoms with Gasteiger partial charge in [0, 0.05) is 0 Å². The van der Waals surface area contributed by atoms with Crippen molar-refractivity contribution < 1.29 is 0 Å². The van der Waals surface area contributed by atoms with E-state index in [1.54, 1.807) is 0 Å². The Hall–Kier alpha value is -0.260. The Morgan fingerprint density at radius 2 is 0.893 bits per heavy atom. The first-order valence-corrected chi connectivity index (χ1v) is 13.4. The van der Waals surface area contributed by atoms with Crippen LogP contribution in [0.2, 0.25) is 0 Å². The Bertz CT molecular complexity index is 301.